The highest BCUT2D eigenvalue weighted by atomic mass is 16.7. The summed E-state index contributed by atoms with van der Waals surface area (Å²) in [6.45, 7) is 2.74. The Morgan fingerprint density at radius 3 is 2.70 bits per heavy atom. The maximum Gasteiger partial charge on any atom is 0.302 e. The molecule has 0 radical (unpaired) electrons. The van der Waals surface area contributed by atoms with Crippen molar-refractivity contribution in [1.29, 1.82) is 0 Å². The molecule has 0 aliphatic carbocycles. The van der Waals surface area contributed by atoms with Gasteiger partial charge in [-0.25, -0.2) is 0 Å². The predicted molar refractivity (Wildman–Crippen MR) is 32.3 cm³/mol. The number of ether oxygens (including phenoxy) is 3. The molecule has 1 fully saturated rings. The van der Waals surface area contributed by atoms with Gasteiger partial charge in [-0.2, -0.15) is 0 Å². The van der Waals surface area contributed by atoms with Crippen LogP contribution in [0.4, 0.5) is 0 Å². The van der Waals surface area contributed by atoms with Crippen molar-refractivity contribution in [2.45, 2.75) is 13.2 Å². The summed E-state index contributed by atoms with van der Waals surface area (Å²) in [7, 11) is 0. The summed E-state index contributed by atoms with van der Waals surface area (Å²) >= 11 is 0. The van der Waals surface area contributed by atoms with Crippen molar-refractivity contribution in [1.82, 2.24) is 0 Å². The van der Waals surface area contributed by atoms with Gasteiger partial charge in [0.25, 0.3) is 0 Å². The second-order valence-electron chi connectivity index (χ2n) is 1.97. The van der Waals surface area contributed by atoms with E-state index in [0.717, 1.165) is 0 Å². The topological polar surface area (TPSA) is 44.8 Å². The van der Waals surface area contributed by atoms with Gasteiger partial charge in [0.15, 0.2) is 6.29 Å². The van der Waals surface area contributed by atoms with Crippen LogP contribution in [0.25, 0.3) is 0 Å². The zero-order valence-corrected chi connectivity index (χ0v) is 5.83. The molecule has 0 aromatic rings. The molecule has 0 unspecified atom stereocenters. The van der Waals surface area contributed by atoms with E-state index in [1.54, 1.807) is 0 Å². The molecule has 4 heteroatoms. The molecule has 0 amide bonds. The predicted octanol–water partition coefficient (Wildman–Crippen LogP) is -0.0776. The monoisotopic (exact) mass is 146 g/mol. The molecule has 1 saturated heterocycles. The first kappa shape index (κ1) is 7.50. The van der Waals surface area contributed by atoms with Crippen LogP contribution in [-0.2, 0) is 19.0 Å². The van der Waals surface area contributed by atoms with E-state index in [2.05, 4.69) is 4.74 Å². The Hall–Kier alpha value is -0.610. The van der Waals surface area contributed by atoms with E-state index in [1.165, 1.54) is 6.92 Å². The van der Waals surface area contributed by atoms with Gasteiger partial charge in [0, 0.05) is 6.92 Å². The van der Waals surface area contributed by atoms with Gasteiger partial charge in [-0.15, -0.1) is 0 Å². The standard InChI is InChI=1S/C6H10O4/c1-5(7)10-4-6-8-2-3-9-6/h6H,2-4H2,1H3. The van der Waals surface area contributed by atoms with E-state index in [1.807, 2.05) is 0 Å². The summed E-state index contributed by atoms with van der Waals surface area (Å²) in [6.07, 6.45) is -0.344. The molecule has 0 N–H and O–H groups in total. The Balaban J connectivity index is 2.07. The van der Waals surface area contributed by atoms with E-state index in [0.29, 0.717) is 13.2 Å². The minimum atomic E-state index is -0.344. The van der Waals surface area contributed by atoms with Crippen LogP contribution in [0.15, 0.2) is 0 Å². The fraction of sp³-hybridized carbons (Fsp3) is 0.833. The third kappa shape index (κ3) is 2.33. The van der Waals surface area contributed by atoms with Gasteiger partial charge in [0.2, 0.25) is 0 Å². The first-order chi connectivity index (χ1) is 4.79. The lowest BCUT2D eigenvalue weighted by Gasteiger charge is -2.07. The van der Waals surface area contributed by atoms with Crippen molar-refractivity contribution in [3.05, 3.63) is 0 Å². The number of esters is 1. The molecule has 10 heavy (non-hydrogen) atoms. The summed E-state index contributed by atoms with van der Waals surface area (Å²) < 4.78 is 14.6. The largest absolute Gasteiger partial charge is 0.460 e. The second kappa shape index (κ2) is 3.53. The molecule has 1 rings (SSSR count). The maximum atomic E-state index is 10.3. The zero-order valence-electron chi connectivity index (χ0n) is 5.83. The van der Waals surface area contributed by atoms with Crippen LogP contribution in [-0.4, -0.2) is 32.1 Å². The smallest absolute Gasteiger partial charge is 0.302 e. The summed E-state index contributed by atoms with van der Waals surface area (Å²) in [5.41, 5.74) is 0. The molecular formula is C6H10O4. The Kier molecular flexibility index (Phi) is 2.65. The van der Waals surface area contributed by atoms with Crippen LogP contribution in [0.1, 0.15) is 6.92 Å². The fourth-order valence-corrected chi connectivity index (χ4v) is 0.689. The molecule has 1 aliphatic heterocycles. The van der Waals surface area contributed by atoms with Gasteiger partial charge in [0.1, 0.15) is 6.61 Å². The van der Waals surface area contributed by atoms with Gasteiger partial charge >= 0.3 is 5.97 Å². The summed E-state index contributed by atoms with van der Waals surface area (Å²) in [6, 6.07) is 0. The molecule has 0 saturated carbocycles. The molecule has 0 aromatic carbocycles. The average Bonchev–Trinajstić information content (AvgIpc) is 2.34. The third-order valence-corrected chi connectivity index (χ3v) is 1.11. The van der Waals surface area contributed by atoms with Crippen molar-refractivity contribution < 1.29 is 19.0 Å². The summed E-state index contributed by atoms with van der Waals surface area (Å²) in [5.74, 6) is -0.306. The Bertz CT molecular complexity index is 117. The van der Waals surface area contributed by atoms with Crippen LogP contribution in [0.5, 0.6) is 0 Å². The van der Waals surface area contributed by atoms with Crippen molar-refractivity contribution in [2.75, 3.05) is 19.8 Å². The Morgan fingerprint density at radius 1 is 1.60 bits per heavy atom. The number of carbonyl (C=O) groups excluding carboxylic acids is 1. The first-order valence-electron chi connectivity index (χ1n) is 3.15. The van der Waals surface area contributed by atoms with E-state index in [-0.39, 0.29) is 18.9 Å². The lowest BCUT2D eigenvalue weighted by atomic mass is 10.7. The van der Waals surface area contributed by atoms with Crippen LogP contribution < -0.4 is 0 Å². The highest BCUT2D eigenvalue weighted by molar-refractivity contribution is 5.65. The van der Waals surface area contributed by atoms with E-state index >= 15 is 0 Å². The molecule has 0 aromatic heterocycles. The molecule has 0 atom stereocenters. The van der Waals surface area contributed by atoms with Crippen LogP contribution in [0, 0.1) is 0 Å². The molecule has 0 bridgehead atoms. The number of rotatable bonds is 2. The lowest BCUT2D eigenvalue weighted by Crippen LogP contribution is -2.17. The SMILES string of the molecule is CC(=O)OCC1OCCO1. The zero-order chi connectivity index (χ0) is 7.40. The second-order valence-corrected chi connectivity index (χ2v) is 1.97. The molecular weight excluding hydrogens is 136 g/mol. The van der Waals surface area contributed by atoms with E-state index in [9.17, 15) is 4.79 Å². The van der Waals surface area contributed by atoms with Crippen molar-refractivity contribution in [2.24, 2.45) is 0 Å². The van der Waals surface area contributed by atoms with E-state index in [4.69, 9.17) is 9.47 Å². The van der Waals surface area contributed by atoms with Crippen molar-refractivity contribution in [3.8, 4) is 0 Å². The van der Waals surface area contributed by atoms with Crippen LogP contribution >= 0.6 is 0 Å². The van der Waals surface area contributed by atoms with E-state index < -0.39 is 0 Å². The summed E-state index contributed by atoms with van der Waals surface area (Å²) in [4.78, 5) is 10.3. The maximum absolute atomic E-state index is 10.3. The minimum absolute atomic E-state index is 0.204. The highest BCUT2D eigenvalue weighted by Gasteiger charge is 2.16. The lowest BCUT2D eigenvalue weighted by molar-refractivity contribution is -0.153. The number of hydrogen-bond donors (Lipinski definition) is 0. The average molecular weight is 146 g/mol. The van der Waals surface area contributed by atoms with Crippen LogP contribution in [0.3, 0.4) is 0 Å². The minimum Gasteiger partial charge on any atom is -0.460 e. The van der Waals surface area contributed by atoms with Gasteiger partial charge in [-0.1, -0.05) is 0 Å². The Morgan fingerprint density at radius 2 is 2.20 bits per heavy atom. The third-order valence-electron chi connectivity index (χ3n) is 1.11. The molecule has 0 spiro atoms. The summed E-state index contributed by atoms with van der Waals surface area (Å²) in [5, 5.41) is 0. The van der Waals surface area contributed by atoms with Gasteiger partial charge < -0.3 is 14.2 Å². The Labute approximate surface area is 59.1 Å². The quantitative estimate of drug-likeness (QED) is 0.511. The van der Waals surface area contributed by atoms with Gasteiger partial charge in [-0.3, -0.25) is 4.79 Å². The number of carbonyl (C=O) groups is 1. The molecule has 1 heterocycles. The number of hydrogen-bond acceptors (Lipinski definition) is 4. The normalized spacial score (nSPS) is 19.3. The van der Waals surface area contributed by atoms with Gasteiger partial charge in [-0.05, 0) is 0 Å². The van der Waals surface area contributed by atoms with Crippen molar-refractivity contribution in [3.63, 3.8) is 0 Å². The molecule has 1 aliphatic rings. The van der Waals surface area contributed by atoms with Gasteiger partial charge in [0.05, 0.1) is 13.2 Å². The molecule has 58 valence electrons. The first-order valence-corrected chi connectivity index (χ1v) is 3.15. The molecule has 4 nitrogen and oxygen atoms in total. The van der Waals surface area contributed by atoms with Crippen LogP contribution in [0.2, 0.25) is 0 Å². The highest BCUT2D eigenvalue weighted by Crippen LogP contribution is 2.03. The fourth-order valence-electron chi connectivity index (χ4n) is 0.689. The van der Waals surface area contributed by atoms with Crippen molar-refractivity contribution >= 4 is 5.97 Å².